The number of allylic oxidation sites excluding steroid dienone is 1. The molecule has 0 aromatic rings. The molecule has 16 heavy (non-hydrogen) atoms. The quantitative estimate of drug-likeness (QED) is 0.826. The summed E-state index contributed by atoms with van der Waals surface area (Å²) < 4.78 is 20.5. The predicted molar refractivity (Wildman–Crippen MR) is 68.4 cm³/mol. The Bertz CT molecular complexity index is 271. The van der Waals surface area contributed by atoms with Gasteiger partial charge in [-0.25, -0.2) is 8.93 Å². The second-order valence-corrected chi connectivity index (χ2v) is 7.14. The first kappa shape index (κ1) is 13.7. The Hall–Kier alpha value is -0.350. The topological polar surface area (TPSA) is 38.3 Å². The summed E-state index contributed by atoms with van der Waals surface area (Å²) in [6.45, 7) is 8.03. The highest BCUT2D eigenvalue weighted by Gasteiger charge is 2.27. The van der Waals surface area contributed by atoms with E-state index in [1.165, 1.54) is 0 Å². The van der Waals surface area contributed by atoms with Gasteiger partial charge >= 0.3 is 0 Å². The zero-order valence-electron chi connectivity index (χ0n) is 10.7. The molecule has 3 nitrogen and oxygen atoms in total. The molecule has 3 atom stereocenters. The van der Waals surface area contributed by atoms with Gasteiger partial charge in [0.2, 0.25) is 0 Å². The highest BCUT2D eigenvalue weighted by atomic mass is 32.2. The van der Waals surface area contributed by atoms with Crippen molar-refractivity contribution in [2.75, 3.05) is 0 Å². The lowest BCUT2D eigenvalue weighted by Crippen LogP contribution is -2.46. The zero-order valence-corrected chi connectivity index (χ0v) is 11.5. The second-order valence-electron chi connectivity index (χ2n) is 5.14. The summed E-state index contributed by atoms with van der Waals surface area (Å²) in [5.74, 6) is 0. The Morgan fingerprint density at radius 2 is 2.25 bits per heavy atom. The van der Waals surface area contributed by atoms with E-state index in [1.54, 1.807) is 6.26 Å². The van der Waals surface area contributed by atoms with Crippen LogP contribution >= 0.6 is 0 Å². The largest absolute Gasteiger partial charge is 0.497 e. The molecule has 4 heteroatoms. The minimum absolute atomic E-state index is 0.154. The van der Waals surface area contributed by atoms with Crippen molar-refractivity contribution in [3.8, 4) is 0 Å². The average molecular weight is 245 g/mol. The van der Waals surface area contributed by atoms with Crippen LogP contribution in [0.4, 0.5) is 0 Å². The Labute approximate surface area is 101 Å². The molecule has 0 fully saturated rings. The Morgan fingerprint density at radius 1 is 1.56 bits per heavy atom. The SMILES string of the molecule is CC[C@@H](N[S@@](=O)C(C)(C)C)[C@@H]1CCC=CO1. The number of hydrogen-bond acceptors (Lipinski definition) is 2. The minimum atomic E-state index is -1.02. The molecule has 1 heterocycles. The molecule has 0 bridgehead atoms. The summed E-state index contributed by atoms with van der Waals surface area (Å²) in [4.78, 5) is 0. The molecule has 0 aromatic carbocycles. The van der Waals surface area contributed by atoms with Crippen LogP contribution in [0.15, 0.2) is 12.3 Å². The van der Waals surface area contributed by atoms with Crippen molar-refractivity contribution in [3.63, 3.8) is 0 Å². The standard InChI is InChI=1S/C12H23NO2S/c1-5-10(11-8-6-7-9-15-11)13-16(14)12(2,3)4/h7,9-11,13H,5-6,8H2,1-4H3/t10-,11+,16+/m1/s1. The van der Waals surface area contributed by atoms with Gasteiger partial charge in [0.1, 0.15) is 6.10 Å². The average Bonchev–Trinajstić information content (AvgIpc) is 2.25. The van der Waals surface area contributed by atoms with Crippen LogP contribution in [0.25, 0.3) is 0 Å². The van der Waals surface area contributed by atoms with Crippen molar-refractivity contribution < 1.29 is 8.95 Å². The summed E-state index contributed by atoms with van der Waals surface area (Å²) in [7, 11) is -1.02. The molecule has 0 amide bonds. The number of ether oxygens (including phenoxy) is 1. The van der Waals surface area contributed by atoms with Crippen molar-refractivity contribution in [1.29, 1.82) is 0 Å². The molecule has 1 aliphatic rings. The monoisotopic (exact) mass is 245 g/mol. The van der Waals surface area contributed by atoms with Crippen LogP contribution in [-0.2, 0) is 15.7 Å². The lowest BCUT2D eigenvalue weighted by molar-refractivity contribution is 0.0925. The highest BCUT2D eigenvalue weighted by molar-refractivity contribution is 7.84. The van der Waals surface area contributed by atoms with Gasteiger partial charge in [-0.15, -0.1) is 0 Å². The summed E-state index contributed by atoms with van der Waals surface area (Å²) >= 11 is 0. The normalized spacial score (nSPS) is 24.9. The number of nitrogens with one attached hydrogen (secondary N) is 1. The lowest BCUT2D eigenvalue weighted by atomic mass is 10.0. The third-order valence-corrected chi connectivity index (χ3v) is 4.30. The first-order valence-corrected chi connectivity index (χ1v) is 7.08. The first-order valence-electron chi connectivity index (χ1n) is 5.93. The van der Waals surface area contributed by atoms with Crippen LogP contribution in [0.2, 0.25) is 0 Å². The van der Waals surface area contributed by atoms with Gasteiger partial charge in [0.05, 0.1) is 28.0 Å². The number of hydrogen-bond donors (Lipinski definition) is 1. The maximum Gasteiger partial charge on any atom is 0.114 e. The van der Waals surface area contributed by atoms with Crippen molar-refractivity contribution in [2.45, 2.75) is 63.9 Å². The third kappa shape index (κ3) is 3.91. The van der Waals surface area contributed by atoms with E-state index in [-0.39, 0.29) is 16.9 Å². The maximum atomic E-state index is 12.0. The van der Waals surface area contributed by atoms with Gasteiger partial charge in [0.25, 0.3) is 0 Å². The molecule has 0 saturated carbocycles. The van der Waals surface area contributed by atoms with Gasteiger partial charge in [0.15, 0.2) is 0 Å². The van der Waals surface area contributed by atoms with Crippen molar-refractivity contribution >= 4 is 11.0 Å². The van der Waals surface area contributed by atoms with Gasteiger partial charge in [-0.2, -0.15) is 0 Å². The highest BCUT2D eigenvalue weighted by Crippen LogP contribution is 2.18. The molecule has 1 N–H and O–H groups in total. The van der Waals surface area contributed by atoms with Gasteiger partial charge < -0.3 is 4.74 Å². The van der Waals surface area contributed by atoms with Gasteiger partial charge in [0, 0.05) is 0 Å². The van der Waals surface area contributed by atoms with Crippen LogP contribution in [-0.4, -0.2) is 21.1 Å². The van der Waals surface area contributed by atoms with Crippen molar-refractivity contribution in [1.82, 2.24) is 4.72 Å². The fourth-order valence-corrected chi connectivity index (χ4v) is 2.53. The first-order chi connectivity index (χ1) is 7.45. The lowest BCUT2D eigenvalue weighted by Gasteiger charge is -2.30. The summed E-state index contributed by atoms with van der Waals surface area (Å²) in [6, 6.07) is 0.171. The van der Waals surface area contributed by atoms with Crippen LogP contribution in [0.3, 0.4) is 0 Å². The molecule has 1 rings (SSSR count). The fraction of sp³-hybridized carbons (Fsp3) is 0.833. The molecular formula is C12H23NO2S. The van der Waals surface area contributed by atoms with E-state index in [2.05, 4.69) is 11.6 Å². The van der Waals surface area contributed by atoms with Gasteiger partial charge in [-0.3, -0.25) is 0 Å². The summed E-state index contributed by atoms with van der Waals surface area (Å²) in [5.41, 5.74) is 0. The summed E-state index contributed by atoms with van der Waals surface area (Å²) in [5, 5.41) is 0. The molecule has 0 aliphatic carbocycles. The fourth-order valence-electron chi connectivity index (χ4n) is 1.59. The molecule has 0 aromatic heterocycles. The van der Waals surface area contributed by atoms with E-state index in [1.807, 2.05) is 26.8 Å². The molecular weight excluding hydrogens is 222 g/mol. The van der Waals surface area contributed by atoms with E-state index in [0.29, 0.717) is 0 Å². The molecule has 0 unspecified atom stereocenters. The van der Waals surface area contributed by atoms with E-state index in [0.717, 1.165) is 19.3 Å². The van der Waals surface area contributed by atoms with Gasteiger partial charge in [-0.1, -0.05) is 6.92 Å². The van der Waals surface area contributed by atoms with Crippen molar-refractivity contribution in [2.24, 2.45) is 0 Å². The third-order valence-electron chi connectivity index (χ3n) is 2.67. The van der Waals surface area contributed by atoms with E-state index >= 15 is 0 Å². The molecule has 0 spiro atoms. The minimum Gasteiger partial charge on any atom is -0.497 e. The van der Waals surface area contributed by atoms with Crippen LogP contribution < -0.4 is 4.72 Å². The number of rotatable bonds is 4. The van der Waals surface area contributed by atoms with E-state index in [4.69, 9.17) is 4.74 Å². The Kier molecular flexibility index (Phi) is 4.99. The second kappa shape index (κ2) is 5.82. The molecule has 94 valence electrons. The Morgan fingerprint density at radius 3 is 2.69 bits per heavy atom. The summed E-state index contributed by atoms with van der Waals surface area (Å²) in [6.07, 6.45) is 6.93. The molecule has 1 aliphatic heterocycles. The Balaban J connectivity index is 2.55. The van der Waals surface area contributed by atoms with Crippen LogP contribution in [0, 0.1) is 0 Å². The van der Waals surface area contributed by atoms with Crippen molar-refractivity contribution in [3.05, 3.63) is 12.3 Å². The molecule has 0 saturated heterocycles. The zero-order chi connectivity index (χ0) is 12.2. The maximum absolute atomic E-state index is 12.0. The van der Waals surface area contributed by atoms with Crippen LogP contribution in [0.1, 0.15) is 47.0 Å². The smallest absolute Gasteiger partial charge is 0.114 e. The predicted octanol–water partition coefficient (Wildman–Crippen LogP) is 2.51. The molecule has 0 radical (unpaired) electrons. The van der Waals surface area contributed by atoms with E-state index in [9.17, 15) is 4.21 Å². The van der Waals surface area contributed by atoms with E-state index < -0.39 is 11.0 Å². The van der Waals surface area contributed by atoms with Crippen LogP contribution in [0.5, 0.6) is 0 Å². The van der Waals surface area contributed by atoms with Gasteiger partial charge in [-0.05, 0) is 46.1 Å².